The minimum Gasteiger partial charge on any atom is -0.469 e. The number of nitrogens with zero attached hydrogens (tertiary/aromatic N) is 2. The summed E-state index contributed by atoms with van der Waals surface area (Å²) in [6.07, 6.45) is 1.35. The maximum atomic E-state index is 14.2. The van der Waals surface area contributed by atoms with Gasteiger partial charge < -0.3 is 34.5 Å². The third kappa shape index (κ3) is 10.5. The first-order valence-corrected chi connectivity index (χ1v) is 18.8. The van der Waals surface area contributed by atoms with Crippen molar-refractivity contribution in [3.63, 3.8) is 0 Å². The Kier molecular flexibility index (Phi) is 16.4. The lowest BCUT2D eigenvalue weighted by Crippen LogP contribution is -2.63. The first-order chi connectivity index (χ1) is 24.6. The normalized spacial score (nSPS) is 20.9. The van der Waals surface area contributed by atoms with E-state index in [9.17, 15) is 24.0 Å². The Morgan fingerprint density at radius 2 is 1.63 bits per heavy atom. The Morgan fingerprint density at radius 1 is 0.981 bits per heavy atom. The van der Waals surface area contributed by atoms with Crippen LogP contribution >= 0.6 is 0 Å². The van der Waals surface area contributed by atoms with Crippen LogP contribution in [0.1, 0.15) is 78.7 Å². The van der Waals surface area contributed by atoms with Crippen molar-refractivity contribution >= 4 is 29.4 Å². The molecule has 0 bridgehead atoms. The molecule has 0 aliphatic carbocycles. The number of ketones is 2. The maximum absolute atomic E-state index is 14.2. The molecule has 0 saturated carbocycles. The van der Waals surface area contributed by atoms with Gasteiger partial charge >= 0.3 is 5.97 Å². The number of carbonyl (C=O) groups is 5. The van der Waals surface area contributed by atoms with E-state index in [1.807, 2.05) is 58.0 Å². The molecule has 0 unspecified atom stereocenters. The van der Waals surface area contributed by atoms with Crippen molar-refractivity contribution in [2.45, 2.75) is 109 Å². The van der Waals surface area contributed by atoms with Gasteiger partial charge in [-0.3, -0.25) is 24.0 Å². The van der Waals surface area contributed by atoms with Gasteiger partial charge in [-0.2, -0.15) is 0 Å². The van der Waals surface area contributed by atoms with Crippen molar-refractivity contribution in [2.75, 3.05) is 48.1 Å². The number of likely N-dealkylation sites (N-methyl/N-ethyl adjacent to an activating group) is 1. The zero-order chi connectivity index (χ0) is 38.7. The van der Waals surface area contributed by atoms with Gasteiger partial charge in [0.25, 0.3) is 0 Å². The summed E-state index contributed by atoms with van der Waals surface area (Å²) in [6.45, 7) is 10.5. The number of carbonyl (C=O) groups excluding carboxylic acids is 5. The van der Waals surface area contributed by atoms with Gasteiger partial charge in [0.05, 0.1) is 57.0 Å². The summed E-state index contributed by atoms with van der Waals surface area (Å²) in [4.78, 5) is 71.3. The number of likely N-dealkylation sites (tertiary alicyclic amines) is 1. The van der Waals surface area contributed by atoms with Crippen LogP contribution in [0.15, 0.2) is 30.3 Å². The van der Waals surface area contributed by atoms with Gasteiger partial charge in [0.1, 0.15) is 11.3 Å². The number of Topliss-reactive ketones (excluding diaryl/α,β-unsaturated/α-hetero) is 2. The van der Waals surface area contributed by atoms with Crippen LogP contribution in [0.2, 0.25) is 0 Å². The number of hydrogen-bond acceptors (Lipinski definition) is 10. The van der Waals surface area contributed by atoms with Gasteiger partial charge in [0, 0.05) is 52.5 Å². The molecule has 0 aromatic heterocycles. The third-order valence-electron chi connectivity index (χ3n) is 11.5. The average Bonchev–Trinajstić information content (AvgIpc) is 3.61. The van der Waals surface area contributed by atoms with Crippen LogP contribution in [0.3, 0.4) is 0 Å². The molecule has 12 nitrogen and oxygen atoms in total. The highest BCUT2D eigenvalue weighted by molar-refractivity contribution is 5.93. The Balaban J connectivity index is 1.76. The Bertz CT molecular complexity index is 1350. The maximum Gasteiger partial charge on any atom is 0.309 e. The van der Waals surface area contributed by atoms with Crippen molar-refractivity contribution in [1.29, 1.82) is 0 Å². The summed E-state index contributed by atoms with van der Waals surface area (Å²) in [5.41, 5.74) is 6.11. The molecule has 292 valence electrons. The highest BCUT2D eigenvalue weighted by Gasteiger charge is 2.46. The SMILES string of the molecule is CC[C@H](C)[C@@H]([C@@H](CC(=O)N1CCC[C@H]1[C@H](OC)[C@@H](C)C(=O)C[C@@H](Cc1ccccc1)C(=O)OC)OC)N(C)C(=O)[C@@H](CC(=O)C1(N)COC1)C(C)C. The van der Waals surface area contributed by atoms with Crippen molar-refractivity contribution < 1.29 is 42.9 Å². The van der Waals surface area contributed by atoms with Gasteiger partial charge in [-0.15, -0.1) is 0 Å². The van der Waals surface area contributed by atoms with Crippen molar-refractivity contribution in [2.24, 2.45) is 35.3 Å². The van der Waals surface area contributed by atoms with Crippen LogP contribution < -0.4 is 5.73 Å². The summed E-state index contributed by atoms with van der Waals surface area (Å²) < 4.78 is 22.2. The van der Waals surface area contributed by atoms with E-state index >= 15 is 0 Å². The third-order valence-corrected chi connectivity index (χ3v) is 11.5. The number of hydrogen-bond donors (Lipinski definition) is 1. The molecule has 2 fully saturated rings. The summed E-state index contributed by atoms with van der Waals surface area (Å²) in [5, 5.41) is 0. The fourth-order valence-electron chi connectivity index (χ4n) is 7.83. The molecule has 2 aliphatic heterocycles. The molecule has 2 aliphatic rings. The quantitative estimate of drug-likeness (QED) is 0.185. The Morgan fingerprint density at radius 3 is 2.15 bits per heavy atom. The fraction of sp³-hybridized carbons (Fsp3) is 0.725. The van der Waals surface area contributed by atoms with E-state index in [2.05, 4.69) is 0 Å². The number of amides is 2. The molecule has 8 atom stereocenters. The monoisotopic (exact) mass is 729 g/mol. The standard InChI is InChI=1S/C40H63N3O9/c1-10-26(4)36(42(6)38(47)30(25(2)3)21-34(45)40(41)23-52-24-40)33(49-7)22-35(46)43-18-14-17-31(43)37(50-8)27(5)32(44)20-29(39(48)51-9)19-28-15-12-11-13-16-28/h11-13,15-16,25-27,29-31,33,36-37H,10,14,17-24,41H2,1-9H3/t26-,27-,29+,30-,31-,33+,36-,37+/m0/s1. The van der Waals surface area contributed by atoms with Gasteiger partial charge in [-0.25, -0.2) is 0 Å². The number of methoxy groups -OCH3 is 3. The zero-order valence-electron chi connectivity index (χ0n) is 32.8. The highest BCUT2D eigenvalue weighted by atomic mass is 16.5. The van der Waals surface area contributed by atoms with Crippen molar-refractivity contribution in [3.05, 3.63) is 35.9 Å². The number of nitrogens with two attached hydrogens (primary N) is 1. The van der Waals surface area contributed by atoms with Crippen LogP contribution in [-0.4, -0.2) is 117 Å². The summed E-state index contributed by atoms with van der Waals surface area (Å²) in [7, 11) is 6.16. The molecular weight excluding hydrogens is 666 g/mol. The van der Waals surface area contributed by atoms with E-state index in [1.165, 1.54) is 7.11 Å². The van der Waals surface area contributed by atoms with E-state index in [-0.39, 0.29) is 73.7 Å². The largest absolute Gasteiger partial charge is 0.469 e. The molecule has 0 radical (unpaired) electrons. The minimum absolute atomic E-state index is 0.00499. The summed E-state index contributed by atoms with van der Waals surface area (Å²) in [6, 6.07) is 8.73. The number of esters is 1. The highest BCUT2D eigenvalue weighted by Crippen LogP contribution is 2.32. The van der Waals surface area contributed by atoms with Crippen LogP contribution in [0.5, 0.6) is 0 Å². The van der Waals surface area contributed by atoms with E-state index < -0.39 is 47.5 Å². The molecule has 2 amide bonds. The summed E-state index contributed by atoms with van der Waals surface area (Å²) in [5.74, 6) is -3.04. The smallest absolute Gasteiger partial charge is 0.309 e. The Hall–Kier alpha value is -3.19. The molecular formula is C40H63N3O9. The molecule has 1 aromatic rings. The number of ether oxygens (including phenoxy) is 4. The minimum atomic E-state index is -1.05. The first kappa shape index (κ1) is 43.2. The van der Waals surface area contributed by atoms with Crippen molar-refractivity contribution in [1.82, 2.24) is 9.80 Å². The second-order valence-corrected chi connectivity index (χ2v) is 15.3. The molecule has 2 saturated heterocycles. The van der Waals surface area contributed by atoms with E-state index in [0.717, 1.165) is 18.4 Å². The Labute approximate surface area is 310 Å². The summed E-state index contributed by atoms with van der Waals surface area (Å²) >= 11 is 0. The number of benzene rings is 1. The van der Waals surface area contributed by atoms with E-state index in [0.29, 0.717) is 19.4 Å². The lowest BCUT2D eigenvalue weighted by Gasteiger charge is -2.41. The fourth-order valence-corrected chi connectivity index (χ4v) is 7.83. The van der Waals surface area contributed by atoms with Crippen LogP contribution in [0.25, 0.3) is 0 Å². The van der Waals surface area contributed by atoms with Crippen LogP contribution in [0, 0.1) is 29.6 Å². The van der Waals surface area contributed by atoms with Gasteiger partial charge in [0.2, 0.25) is 11.8 Å². The van der Waals surface area contributed by atoms with Crippen LogP contribution in [-0.2, 0) is 49.3 Å². The molecule has 2 N–H and O–H groups in total. The lowest BCUT2D eigenvalue weighted by molar-refractivity contribution is -0.152. The average molecular weight is 730 g/mol. The molecule has 52 heavy (non-hydrogen) atoms. The van der Waals surface area contributed by atoms with Gasteiger partial charge in [-0.05, 0) is 36.7 Å². The second-order valence-electron chi connectivity index (χ2n) is 15.3. The molecule has 0 spiro atoms. The molecule has 3 rings (SSSR count). The zero-order valence-corrected chi connectivity index (χ0v) is 32.8. The van der Waals surface area contributed by atoms with Crippen molar-refractivity contribution in [3.8, 4) is 0 Å². The number of rotatable bonds is 21. The molecule has 1 aromatic carbocycles. The second kappa shape index (κ2) is 19.8. The molecule has 2 heterocycles. The van der Waals surface area contributed by atoms with Crippen LogP contribution in [0.4, 0.5) is 0 Å². The van der Waals surface area contributed by atoms with E-state index in [1.54, 1.807) is 38.0 Å². The van der Waals surface area contributed by atoms with Gasteiger partial charge in [-0.1, -0.05) is 71.4 Å². The topological polar surface area (TPSA) is 155 Å². The first-order valence-electron chi connectivity index (χ1n) is 18.8. The van der Waals surface area contributed by atoms with E-state index in [4.69, 9.17) is 24.7 Å². The predicted octanol–water partition coefficient (Wildman–Crippen LogP) is 3.86. The van der Waals surface area contributed by atoms with Gasteiger partial charge in [0.15, 0.2) is 5.78 Å². The molecule has 12 heteroatoms. The lowest BCUT2D eigenvalue weighted by atomic mass is 9.81. The predicted molar refractivity (Wildman–Crippen MR) is 197 cm³/mol.